The highest BCUT2D eigenvalue weighted by Gasteiger charge is 2.37. The number of fused-ring (bicyclic) bond motifs is 1. The maximum Gasteiger partial charge on any atom is 0.326 e. The molecule has 3 rings (SSSR count). The molecule has 0 radical (unpaired) electrons. The molecule has 0 aliphatic heterocycles. The third-order valence-corrected chi connectivity index (χ3v) is 4.00. The van der Waals surface area contributed by atoms with Gasteiger partial charge in [0.05, 0.1) is 0 Å². The summed E-state index contributed by atoms with van der Waals surface area (Å²) in [6.07, 6.45) is 1.69. The summed E-state index contributed by atoms with van der Waals surface area (Å²) in [7, 11) is 0. The number of carbonyl (C=O) groups is 2. The maximum absolute atomic E-state index is 12.2. The van der Waals surface area contributed by atoms with Gasteiger partial charge in [-0.05, 0) is 61.9 Å². The molecule has 1 heterocycles. The van der Waals surface area contributed by atoms with Crippen LogP contribution in [-0.4, -0.2) is 23.0 Å². The highest BCUT2D eigenvalue weighted by atomic mass is 16.4. The average Bonchev–Trinajstić information content (AvgIpc) is 3.17. The summed E-state index contributed by atoms with van der Waals surface area (Å²) in [5, 5.41) is 12.5. The molecule has 1 saturated carbocycles. The number of aryl methyl sites for hydroxylation is 2. The lowest BCUT2D eigenvalue weighted by atomic mass is 10.1. The van der Waals surface area contributed by atoms with E-state index < -0.39 is 17.9 Å². The van der Waals surface area contributed by atoms with Crippen LogP contribution in [0.2, 0.25) is 0 Å². The summed E-state index contributed by atoms with van der Waals surface area (Å²) < 4.78 is 5.54. The van der Waals surface area contributed by atoms with Crippen molar-refractivity contribution >= 4 is 22.8 Å². The molecule has 1 fully saturated rings. The van der Waals surface area contributed by atoms with Crippen molar-refractivity contribution in [2.45, 2.75) is 32.7 Å². The van der Waals surface area contributed by atoms with Crippen molar-refractivity contribution in [3.63, 3.8) is 0 Å². The number of hydrogen-bond acceptors (Lipinski definition) is 3. The largest absolute Gasteiger partial charge is 0.480 e. The summed E-state index contributed by atoms with van der Waals surface area (Å²) in [4.78, 5) is 23.3. The first-order chi connectivity index (χ1) is 9.95. The molecule has 1 aromatic carbocycles. The van der Waals surface area contributed by atoms with Crippen molar-refractivity contribution < 1.29 is 19.1 Å². The van der Waals surface area contributed by atoms with Crippen LogP contribution in [0.4, 0.5) is 0 Å². The lowest BCUT2D eigenvalue weighted by Gasteiger charge is -2.11. The van der Waals surface area contributed by atoms with Crippen molar-refractivity contribution in [2.24, 2.45) is 5.92 Å². The number of rotatable bonds is 4. The van der Waals surface area contributed by atoms with E-state index >= 15 is 0 Å². The van der Waals surface area contributed by atoms with Gasteiger partial charge in [0.2, 0.25) is 0 Å². The minimum absolute atomic E-state index is 0.0420. The third kappa shape index (κ3) is 2.63. The molecule has 110 valence electrons. The second-order valence-corrected chi connectivity index (χ2v) is 5.71. The van der Waals surface area contributed by atoms with Gasteiger partial charge in [-0.1, -0.05) is 0 Å². The van der Waals surface area contributed by atoms with Gasteiger partial charge in [0, 0.05) is 5.39 Å². The molecule has 5 heteroatoms. The molecule has 1 atom stereocenters. The zero-order valence-electron chi connectivity index (χ0n) is 12.0. The number of carboxylic acids is 1. The van der Waals surface area contributed by atoms with E-state index in [4.69, 9.17) is 9.52 Å². The van der Waals surface area contributed by atoms with Crippen molar-refractivity contribution in [1.82, 2.24) is 5.32 Å². The van der Waals surface area contributed by atoms with Crippen molar-refractivity contribution in [3.8, 4) is 0 Å². The van der Waals surface area contributed by atoms with Crippen LogP contribution in [0.1, 0.15) is 34.5 Å². The van der Waals surface area contributed by atoms with Gasteiger partial charge in [-0.2, -0.15) is 0 Å². The van der Waals surface area contributed by atoms with Crippen LogP contribution in [0.25, 0.3) is 11.0 Å². The highest BCUT2D eigenvalue weighted by molar-refractivity contribution is 5.98. The molecule has 2 N–H and O–H groups in total. The molecule has 2 aromatic rings. The van der Waals surface area contributed by atoms with Gasteiger partial charge in [0.15, 0.2) is 5.76 Å². The molecule has 0 spiro atoms. The van der Waals surface area contributed by atoms with E-state index in [0.717, 1.165) is 29.4 Å². The van der Waals surface area contributed by atoms with E-state index in [9.17, 15) is 9.59 Å². The molecule has 21 heavy (non-hydrogen) atoms. The van der Waals surface area contributed by atoms with Gasteiger partial charge in [-0.3, -0.25) is 4.79 Å². The van der Waals surface area contributed by atoms with Crippen LogP contribution < -0.4 is 5.32 Å². The Morgan fingerprint density at radius 2 is 1.90 bits per heavy atom. The normalized spacial score (nSPS) is 15.9. The zero-order valence-corrected chi connectivity index (χ0v) is 12.0. The summed E-state index contributed by atoms with van der Waals surface area (Å²) in [5.74, 6) is -1.27. The Kier molecular flexibility index (Phi) is 3.20. The number of nitrogens with one attached hydrogen (secondary N) is 1. The molecular formula is C16H17NO4. The Balaban J connectivity index is 1.85. The monoisotopic (exact) mass is 287 g/mol. The molecule has 1 aliphatic rings. The Bertz CT molecular complexity index is 688. The maximum atomic E-state index is 12.2. The van der Waals surface area contributed by atoms with E-state index in [1.165, 1.54) is 0 Å². The lowest BCUT2D eigenvalue weighted by Crippen LogP contribution is -2.42. The van der Waals surface area contributed by atoms with Crippen molar-refractivity contribution in [2.75, 3.05) is 0 Å². The first-order valence-corrected chi connectivity index (χ1v) is 7.00. The molecular weight excluding hydrogens is 270 g/mol. The Labute approximate surface area is 121 Å². The summed E-state index contributed by atoms with van der Waals surface area (Å²) >= 11 is 0. The standard InChI is InChI=1S/C16H17NO4/c1-8-5-11-7-13(21-12(11)6-9(8)2)15(18)17-14(16(19)20)10-3-4-10/h5-7,10,14H,3-4H2,1-2H3,(H,17,18)(H,19,20). The second kappa shape index (κ2) is 4.91. The van der Waals surface area contributed by atoms with Crippen LogP contribution in [0, 0.1) is 19.8 Å². The van der Waals surface area contributed by atoms with Gasteiger partial charge >= 0.3 is 5.97 Å². The van der Waals surface area contributed by atoms with Crippen molar-refractivity contribution in [1.29, 1.82) is 0 Å². The summed E-state index contributed by atoms with van der Waals surface area (Å²) in [6.45, 7) is 3.97. The fourth-order valence-corrected chi connectivity index (χ4v) is 2.44. The van der Waals surface area contributed by atoms with Gasteiger partial charge in [-0.15, -0.1) is 0 Å². The molecule has 1 aromatic heterocycles. The predicted octanol–water partition coefficient (Wildman–Crippen LogP) is 2.64. The van der Waals surface area contributed by atoms with Crippen molar-refractivity contribution in [3.05, 3.63) is 35.1 Å². The van der Waals surface area contributed by atoms with E-state index in [-0.39, 0.29) is 11.7 Å². The topological polar surface area (TPSA) is 79.5 Å². The number of carboxylic acid groups (broad SMARTS) is 1. The number of furan rings is 1. The van der Waals surface area contributed by atoms with Gasteiger partial charge in [0.25, 0.3) is 5.91 Å². The van der Waals surface area contributed by atoms with E-state index in [2.05, 4.69) is 5.32 Å². The first kappa shape index (κ1) is 13.7. The second-order valence-electron chi connectivity index (χ2n) is 5.71. The van der Waals surface area contributed by atoms with Gasteiger partial charge in [0.1, 0.15) is 11.6 Å². The quantitative estimate of drug-likeness (QED) is 0.906. The highest BCUT2D eigenvalue weighted by Crippen LogP contribution is 2.33. The molecule has 1 amide bonds. The molecule has 0 bridgehead atoms. The van der Waals surface area contributed by atoms with E-state index in [0.29, 0.717) is 5.58 Å². The fraction of sp³-hybridized carbons (Fsp3) is 0.375. The summed E-state index contributed by atoms with van der Waals surface area (Å²) in [6, 6.07) is 4.68. The number of amides is 1. The number of carbonyl (C=O) groups excluding carboxylic acids is 1. The van der Waals surface area contributed by atoms with Crippen LogP contribution in [0.3, 0.4) is 0 Å². The zero-order chi connectivity index (χ0) is 15.1. The van der Waals surface area contributed by atoms with Crippen LogP contribution in [0.5, 0.6) is 0 Å². The summed E-state index contributed by atoms with van der Waals surface area (Å²) in [5.41, 5.74) is 2.85. The van der Waals surface area contributed by atoms with Gasteiger partial charge < -0.3 is 14.8 Å². The average molecular weight is 287 g/mol. The SMILES string of the molecule is Cc1cc2cc(C(=O)NC(C(=O)O)C3CC3)oc2cc1C. The Morgan fingerprint density at radius 1 is 1.24 bits per heavy atom. The van der Waals surface area contributed by atoms with Crippen LogP contribution >= 0.6 is 0 Å². The number of aliphatic carboxylic acids is 1. The molecule has 1 aliphatic carbocycles. The molecule has 1 unspecified atom stereocenters. The minimum Gasteiger partial charge on any atom is -0.480 e. The van der Waals surface area contributed by atoms with E-state index in [1.54, 1.807) is 6.07 Å². The third-order valence-electron chi connectivity index (χ3n) is 4.00. The fourth-order valence-electron chi connectivity index (χ4n) is 2.44. The number of hydrogen-bond donors (Lipinski definition) is 2. The lowest BCUT2D eigenvalue weighted by molar-refractivity contribution is -0.139. The minimum atomic E-state index is -0.992. The van der Waals surface area contributed by atoms with Gasteiger partial charge in [-0.25, -0.2) is 4.79 Å². The smallest absolute Gasteiger partial charge is 0.326 e. The Morgan fingerprint density at radius 3 is 2.52 bits per heavy atom. The van der Waals surface area contributed by atoms with E-state index in [1.807, 2.05) is 26.0 Å². The predicted molar refractivity (Wildman–Crippen MR) is 77.3 cm³/mol. The molecule has 5 nitrogen and oxygen atoms in total. The molecule has 0 saturated heterocycles. The van der Waals surface area contributed by atoms with Crippen LogP contribution in [0.15, 0.2) is 22.6 Å². The first-order valence-electron chi connectivity index (χ1n) is 7.00. The van der Waals surface area contributed by atoms with Crippen LogP contribution in [-0.2, 0) is 4.79 Å². The number of benzene rings is 1. The Hall–Kier alpha value is -2.30.